The average Bonchev–Trinajstić information content (AvgIpc) is 2.94. The van der Waals surface area contributed by atoms with Crippen molar-refractivity contribution in [1.29, 1.82) is 0 Å². The van der Waals surface area contributed by atoms with Gasteiger partial charge >= 0.3 is 0 Å². The summed E-state index contributed by atoms with van der Waals surface area (Å²) in [7, 11) is 0. The second-order valence-corrected chi connectivity index (χ2v) is 6.53. The van der Waals surface area contributed by atoms with Crippen molar-refractivity contribution >= 4 is 22.9 Å². The largest absolute Gasteiger partial charge is 0.378 e. The van der Waals surface area contributed by atoms with Gasteiger partial charge in [0.15, 0.2) is 0 Å². The number of aryl methyl sites for hydroxylation is 1. The van der Waals surface area contributed by atoms with Gasteiger partial charge in [0.05, 0.1) is 22.7 Å². The minimum absolute atomic E-state index is 0.501. The maximum Gasteiger partial charge on any atom is 0.0928 e. The van der Waals surface area contributed by atoms with Gasteiger partial charge < -0.3 is 9.64 Å². The highest BCUT2D eigenvalue weighted by Crippen LogP contribution is 2.16. The lowest BCUT2D eigenvalue weighted by Gasteiger charge is -2.31. The van der Waals surface area contributed by atoms with Gasteiger partial charge in [0.25, 0.3) is 0 Å². The molecule has 0 N–H and O–H groups in total. The van der Waals surface area contributed by atoms with Crippen LogP contribution in [0, 0.1) is 0 Å². The first-order chi connectivity index (χ1) is 9.81. The van der Waals surface area contributed by atoms with E-state index in [0.29, 0.717) is 12.0 Å². The number of ether oxygens (including phenoxy) is 1. The summed E-state index contributed by atoms with van der Waals surface area (Å²) >= 11 is 7.50. The lowest BCUT2D eigenvalue weighted by atomic mass is 10.1. The van der Waals surface area contributed by atoms with Crippen molar-refractivity contribution in [2.45, 2.75) is 51.0 Å². The maximum atomic E-state index is 5.76. The van der Waals surface area contributed by atoms with Crippen LogP contribution in [0.3, 0.4) is 0 Å². The van der Waals surface area contributed by atoms with Crippen molar-refractivity contribution in [1.82, 2.24) is 9.88 Å². The zero-order chi connectivity index (χ0) is 14.2. The van der Waals surface area contributed by atoms with Crippen molar-refractivity contribution < 1.29 is 4.74 Å². The molecule has 1 aliphatic heterocycles. The number of hydrogen-bond donors (Lipinski definition) is 0. The van der Waals surface area contributed by atoms with Gasteiger partial charge in [0.1, 0.15) is 0 Å². The van der Waals surface area contributed by atoms with Crippen molar-refractivity contribution in [3.05, 3.63) is 16.1 Å². The number of piperidine rings is 1. The highest BCUT2D eigenvalue weighted by Gasteiger charge is 2.18. The highest BCUT2D eigenvalue weighted by atomic mass is 35.5. The third kappa shape index (κ3) is 5.32. The molecule has 1 fully saturated rings. The molecule has 114 valence electrons. The van der Waals surface area contributed by atoms with E-state index >= 15 is 0 Å². The minimum Gasteiger partial charge on any atom is -0.378 e. The van der Waals surface area contributed by atoms with E-state index < -0.39 is 0 Å². The molecule has 0 radical (unpaired) electrons. The first kappa shape index (κ1) is 16.2. The Balaban J connectivity index is 1.55. The Labute approximate surface area is 131 Å². The van der Waals surface area contributed by atoms with E-state index in [2.05, 4.69) is 22.2 Å². The van der Waals surface area contributed by atoms with Gasteiger partial charge in [-0.2, -0.15) is 0 Å². The first-order valence-electron chi connectivity index (χ1n) is 7.65. The quantitative estimate of drug-likeness (QED) is 0.540. The number of likely N-dealkylation sites (tertiary alicyclic amines) is 1. The molecule has 1 aromatic heterocycles. The Morgan fingerprint density at radius 3 is 2.85 bits per heavy atom. The van der Waals surface area contributed by atoms with Gasteiger partial charge in [-0.3, -0.25) is 0 Å². The van der Waals surface area contributed by atoms with Crippen LogP contribution in [0.1, 0.15) is 43.3 Å². The third-order valence-electron chi connectivity index (χ3n) is 3.79. The molecule has 0 saturated carbocycles. The number of alkyl halides is 1. The summed E-state index contributed by atoms with van der Waals surface area (Å²) in [4.78, 5) is 7.07. The molecular formula is C15H25ClN2OS. The van der Waals surface area contributed by atoms with Gasteiger partial charge in [-0.1, -0.05) is 0 Å². The standard InChI is InChI=1S/C15H25ClN2OS/c1-2-19-14-6-9-18(10-7-14)8-4-3-5-15-17-13(11-16)12-20-15/h12,14H,2-11H2,1H3. The molecule has 1 aliphatic rings. The number of thiazole rings is 1. The minimum atomic E-state index is 0.501. The van der Waals surface area contributed by atoms with Gasteiger partial charge in [-0.15, -0.1) is 22.9 Å². The second kappa shape index (κ2) is 8.98. The highest BCUT2D eigenvalue weighted by molar-refractivity contribution is 7.09. The van der Waals surface area contributed by atoms with E-state index in [9.17, 15) is 0 Å². The van der Waals surface area contributed by atoms with Crippen molar-refractivity contribution in [3.8, 4) is 0 Å². The SMILES string of the molecule is CCOC1CCN(CCCCc2nc(CCl)cs2)CC1. The molecule has 0 spiro atoms. The maximum absolute atomic E-state index is 5.76. The zero-order valence-electron chi connectivity index (χ0n) is 12.3. The van der Waals surface area contributed by atoms with Crippen LogP contribution in [0.25, 0.3) is 0 Å². The molecule has 0 bridgehead atoms. The lowest BCUT2D eigenvalue weighted by Crippen LogP contribution is -2.37. The van der Waals surface area contributed by atoms with E-state index in [1.807, 2.05) is 0 Å². The molecule has 0 unspecified atom stereocenters. The van der Waals surface area contributed by atoms with Gasteiger partial charge in [0.2, 0.25) is 0 Å². The molecule has 20 heavy (non-hydrogen) atoms. The molecule has 0 atom stereocenters. The zero-order valence-corrected chi connectivity index (χ0v) is 13.9. The topological polar surface area (TPSA) is 25.4 Å². The van der Waals surface area contributed by atoms with E-state index in [1.165, 1.54) is 50.3 Å². The second-order valence-electron chi connectivity index (χ2n) is 5.32. The molecule has 1 aromatic rings. The molecule has 5 heteroatoms. The van der Waals surface area contributed by atoms with Crippen LogP contribution in [0.15, 0.2) is 5.38 Å². The van der Waals surface area contributed by atoms with E-state index in [1.54, 1.807) is 11.3 Å². The average molecular weight is 317 g/mol. The smallest absolute Gasteiger partial charge is 0.0928 e. The summed E-state index contributed by atoms with van der Waals surface area (Å²) in [5, 5.41) is 3.30. The van der Waals surface area contributed by atoms with Crippen LogP contribution in [0.4, 0.5) is 0 Å². The molecular weight excluding hydrogens is 292 g/mol. The van der Waals surface area contributed by atoms with E-state index in [0.717, 1.165) is 18.7 Å². The Hall–Kier alpha value is -0.160. The number of nitrogens with zero attached hydrogens (tertiary/aromatic N) is 2. The summed E-state index contributed by atoms with van der Waals surface area (Å²) in [6.07, 6.45) is 6.46. The van der Waals surface area contributed by atoms with Crippen molar-refractivity contribution in [2.75, 3.05) is 26.2 Å². The normalized spacial score (nSPS) is 17.7. The first-order valence-corrected chi connectivity index (χ1v) is 9.06. The van der Waals surface area contributed by atoms with Crippen LogP contribution < -0.4 is 0 Å². The van der Waals surface area contributed by atoms with Gasteiger partial charge in [-0.05, 0) is 45.6 Å². The number of unbranched alkanes of at least 4 members (excludes halogenated alkanes) is 1. The van der Waals surface area contributed by atoms with Crippen LogP contribution in [0.5, 0.6) is 0 Å². The van der Waals surface area contributed by atoms with Gasteiger partial charge in [-0.25, -0.2) is 4.98 Å². The van der Waals surface area contributed by atoms with Crippen molar-refractivity contribution in [3.63, 3.8) is 0 Å². The summed E-state index contributed by atoms with van der Waals surface area (Å²) in [6.45, 7) is 6.53. The monoisotopic (exact) mass is 316 g/mol. The van der Waals surface area contributed by atoms with Crippen LogP contribution in [-0.2, 0) is 17.0 Å². The van der Waals surface area contributed by atoms with E-state index in [4.69, 9.17) is 16.3 Å². The predicted octanol–water partition coefficient (Wildman–Crippen LogP) is 3.71. The fourth-order valence-corrected chi connectivity index (χ4v) is 3.74. The number of rotatable bonds is 8. The third-order valence-corrected chi connectivity index (χ3v) is 5.02. The predicted molar refractivity (Wildman–Crippen MR) is 85.7 cm³/mol. The Morgan fingerprint density at radius 2 is 2.20 bits per heavy atom. The summed E-state index contributed by atoms with van der Waals surface area (Å²) in [6, 6.07) is 0. The number of aromatic nitrogens is 1. The number of halogens is 1. The molecule has 1 saturated heterocycles. The molecule has 0 amide bonds. The Kier molecular flexibility index (Phi) is 7.28. The summed E-state index contributed by atoms with van der Waals surface area (Å²) in [5.41, 5.74) is 1.02. The van der Waals surface area contributed by atoms with Crippen molar-refractivity contribution in [2.24, 2.45) is 0 Å². The Morgan fingerprint density at radius 1 is 1.40 bits per heavy atom. The summed E-state index contributed by atoms with van der Waals surface area (Å²) < 4.78 is 5.68. The number of hydrogen-bond acceptors (Lipinski definition) is 4. The van der Waals surface area contributed by atoms with Crippen LogP contribution >= 0.6 is 22.9 Å². The molecule has 0 aliphatic carbocycles. The summed E-state index contributed by atoms with van der Waals surface area (Å²) in [5.74, 6) is 0.533. The fraction of sp³-hybridized carbons (Fsp3) is 0.800. The van der Waals surface area contributed by atoms with Crippen LogP contribution in [0.2, 0.25) is 0 Å². The fourth-order valence-electron chi connectivity index (χ4n) is 2.67. The molecule has 2 heterocycles. The Bertz CT molecular complexity index is 378. The molecule has 3 nitrogen and oxygen atoms in total. The molecule has 2 rings (SSSR count). The van der Waals surface area contributed by atoms with Crippen LogP contribution in [-0.4, -0.2) is 42.2 Å². The lowest BCUT2D eigenvalue weighted by molar-refractivity contribution is 0.0140. The van der Waals surface area contributed by atoms with E-state index in [-0.39, 0.29) is 0 Å². The molecule has 0 aromatic carbocycles. The van der Waals surface area contributed by atoms with Gasteiger partial charge in [0, 0.05) is 25.1 Å².